The van der Waals surface area contributed by atoms with Gasteiger partial charge in [-0.1, -0.05) is 5.16 Å². The number of nitrogens with one attached hydrogen (secondary N) is 1. The average molecular weight is 344 g/mol. The van der Waals surface area contributed by atoms with Crippen molar-refractivity contribution >= 4 is 29.3 Å². The lowest BCUT2D eigenvalue weighted by molar-refractivity contribution is -0.115. The Hall–Kier alpha value is -2.66. The summed E-state index contributed by atoms with van der Waals surface area (Å²) < 4.78 is 4.87. The first-order chi connectivity index (χ1) is 11.4. The van der Waals surface area contributed by atoms with Gasteiger partial charge >= 0.3 is 0 Å². The van der Waals surface area contributed by atoms with E-state index in [0.717, 1.165) is 0 Å². The number of hydrogen-bond acceptors (Lipinski definition) is 7. The monoisotopic (exact) mass is 344 g/mol. The molecule has 1 amide bonds. The first kappa shape index (κ1) is 17.7. The zero-order chi connectivity index (χ0) is 17.7. The first-order valence-corrected chi connectivity index (χ1v) is 8.18. The predicted molar refractivity (Wildman–Crippen MR) is 88.9 cm³/mol. The summed E-state index contributed by atoms with van der Waals surface area (Å²) in [5.41, 5.74) is 1.35. The van der Waals surface area contributed by atoms with Crippen LogP contribution in [0.2, 0.25) is 0 Å². The van der Waals surface area contributed by atoms with Crippen molar-refractivity contribution in [2.24, 2.45) is 0 Å². The molecule has 2 rings (SSSR count). The van der Waals surface area contributed by atoms with Crippen LogP contribution < -0.4 is 5.32 Å². The third-order valence-corrected chi connectivity index (χ3v) is 4.13. The smallest absolute Gasteiger partial charge is 0.226 e. The van der Waals surface area contributed by atoms with Crippen LogP contribution >= 0.6 is 11.8 Å². The third-order valence-electron chi connectivity index (χ3n) is 3.14. The lowest BCUT2D eigenvalue weighted by Gasteiger charge is -2.07. The van der Waals surface area contributed by atoms with Crippen LogP contribution in [0.1, 0.15) is 40.7 Å². The van der Waals surface area contributed by atoms with Crippen LogP contribution in [-0.4, -0.2) is 27.6 Å². The maximum absolute atomic E-state index is 11.8. The number of ketones is 1. The summed E-state index contributed by atoms with van der Waals surface area (Å²) in [6.07, 6.45) is 0.233. The largest absolute Gasteiger partial charge is 0.360 e. The fourth-order valence-corrected chi connectivity index (χ4v) is 2.94. The number of pyridine rings is 1. The van der Waals surface area contributed by atoms with Crippen LogP contribution in [0.4, 0.5) is 5.82 Å². The number of carbonyl (C=O) groups excluding carboxylic acids is 2. The van der Waals surface area contributed by atoms with Gasteiger partial charge in [0.05, 0.1) is 5.56 Å². The molecule has 1 N–H and O–H groups in total. The van der Waals surface area contributed by atoms with Gasteiger partial charge in [0.2, 0.25) is 5.91 Å². The Labute approximate surface area is 143 Å². The second-order valence-electron chi connectivity index (χ2n) is 5.11. The van der Waals surface area contributed by atoms with Crippen molar-refractivity contribution in [2.75, 3.05) is 11.1 Å². The SMILES string of the molecule is CC(=O)c1cc(C#N)c(SCCC(=O)Nc2cc(C)on2)nc1C. The van der Waals surface area contributed by atoms with E-state index in [0.29, 0.717) is 39.2 Å². The molecule has 0 radical (unpaired) electrons. The number of rotatable bonds is 6. The van der Waals surface area contributed by atoms with E-state index >= 15 is 0 Å². The molecule has 0 saturated heterocycles. The number of nitriles is 1. The molecule has 0 bridgehead atoms. The van der Waals surface area contributed by atoms with Gasteiger partial charge in [0.25, 0.3) is 0 Å². The van der Waals surface area contributed by atoms with Crippen molar-refractivity contribution < 1.29 is 14.1 Å². The number of anilines is 1. The fraction of sp³-hybridized carbons (Fsp3) is 0.312. The molecule has 0 saturated carbocycles. The second-order valence-corrected chi connectivity index (χ2v) is 6.20. The van der Waals surface area contributed by atoms with Gasteiger partial charge in [-0.3, -0.25) is 9.59 Å². The predicted octanol–water partition coefficient (Wildman–Crippen LogP) is 2.88. The summed E-state index contributed by atoms with van der Waals surface area (Å²) >= 11 is 1.30. The maximum Gasteiger partial charge on any atom is 0.226 e. The Kier molecular flexibility index (Phi) is 5.71. The number of aryl methyl sites for hydroxylation is 2. The Morgan fingerprint density at radius 2 is 2.12 bits per heavy atom. The maximum atomic E-state index is 11.8. The van der Waals surface area contributed by atoms with Crippen molar-refractivity contribution in [1.29, 1.82) is 5.26 Å². The highest BCUT2D eigenvalue weighted by atomic mass is 32.2. The molecule has 24 heavy (non-hydrogen) atoms. The Bertz CT molecular complexity index is 823. The summed E-state index contributed by atoms with van der Waals surface area (Å²) in [7, 11) is 0. The van der Waals surface area contributed by atoms with Crippen molar-refractivity contribution in [3.63, 3.8) is 0 Å². The van der Waals surface area contributed by atoms with E-state index in [2.05, 4.69) is 15.5 Å². The molecule has 124 valence electrons. The number of hydrogen-bond donors (Lipinski definition) is 1. The van der Waals surface area contributed by atoms with Crippen LogP contribution in [0.15, 0.2) is 21.7 Å². The van der Waals surface area contributed by atoms with Gasteiger partial charge in [0.1, 0.15) is 16.9 Å². The van der Waals surface area contributed by atoms with E-state index in [9.17, 15) is 14.9 Å². The summed E-state index contributed by atoms with van der Waals surface area (Å²) in [5, 5.41) is 16.0. The van der Waals surface area contributed by atoms with E-state index in [-0.39, 0.29) is 18.1 Å². The van der Waals surface area contributed by atoms with E-state index in [1.807, 2.05) is 6.07 Å². The second kappa shape index (κ2) is 7.75. The van der Waals surface area contributed by atoms with E-state index in [1.165, 1.54) is 18.7 Å². The highest BCUT2D eigenvalue weighted by Gasteiger charge is 2.13. The van der Waals surface area contributed by atoms with Gasteiger partial charge in [-0.05, 0) is 26.8 Å². The zero-order valence-corrected chi connectivity index (χ0v) is 14.4. The molecule has 0 aliphatic rings. The van der Waals surface area contributed by atoms with Gasteiger partial charge in [0, 0.05) is 29.5 Å². The minimum Gasteiger partial charge on any atom is -0.360 e. The molecule has 0 spiro atoms. The minimum absolute atomic E-state index is 0.129. The van der Waals surface area contributed by atoms with Gasteiger partial charge in [0.15, 0.2) is 11.6 Å². The average Bonchev–Trinajstić information content (AvgIpc) is 2.92. The molecule has 7 nitrogen and oxygen atoms in total. The Balaban J connectivity index is 1.96. The molecule has 0 aliphatic carbocycles. The quantitative estimate of drug-likeness (QED) is 0.634. The molecule has 0 fully saturated rings. The highest BCUT2D eigenvalue weighted by molar-refractivity contribution is 7.99. The normalized spacial score (nSPS) is 10.2. The van der Waals surface area contributed by atoms with Crippen molar-refractivity contribution in [1.82, 2.24) is 10.1 Å². The molecule has 2 aromatic heterocycles. The standard InChI is InChI=1S/C16H16N4O3S/c1-9-6-14(20-23-9)19-15(22)4-5-24-16-12(8-17)7-13(11(3)21)10(2)18-16/h6-7H,4-5H2,1-3H3,(H,19,20,22). The van der Waals surface area contributed by atoms with Crippen LogP contribution in [0.5, 0.6) is 0 Å². The topological polar surface area (TPSA) is 109 Å². The lowest BCUT2D eigenvalue weighted by Crippen LogP contribution is -2.12. The van der Waals surface area contributed by atoms with Crippen LogP contribution in [0.3, 0.4) is 0 Å². The summed E-state index contributed by atoms with van der Waals surface area (Å²) in [6.45, 7) is 4.90. The van der Waals surface area contributed by atoms with Crippen molar-refractivity contribution in [3.8, 4) is 6.07 Å². The molecule has 0 aromatic carbocycles. The fourth-order valence-electron chi connectivity index (χ4n) is 2.00. The van der Waals surface area contributed by atoms with Crippen LogP contribution in [0, 0.1) is 25.2 Å². The molecule has 8 heteroatoms. The molecule has 0 atom stereocenters. The lowest BCUT2D eigenvalue weighted by atomic mass is 10.1. The van der Waals surface area contributed by atoms with Gasteiger partial charge in [-0.25, -0.2) is 4.98 Å². The van der Waals surface area contributed by atoms with Crippen molar-refractivity contribution in [2.45, 2.75) is 32.2 Å². The van der Waals surface area contributed by atoms with Crippen molar-refractivity contribution in [3.05, 3.63) is 34.7 Å². The van der Waals surface area contributed by atoms with E-state index in [4.69, 9.17) is 4.52 Å². The molecule has 0 unspecified atom stereocenters. The summed E-state index contributed by atoms with van der Waals surface area (Å²) in [6, 6.07) is 5.22. The number of Topliss-reactive ketones (excluding diaryl/α,β-unsaturated/α-hetero) is 1. The molecule has 2 aromatic rings. The molecule has 0 aliphatic heterocycles. The number of nitrogens with zero attached hydrogens (tertiary/aromatic N) is 3. The molecule has 2 heterocycles. The number of amides is 1. The number of carbonyl (C=O) groups is 2. The Morgan fingerprint density at radius 1 is 1.38 bits per heavy atom. The molecular weight excluding hydrogens is 328 g/mol. The summed E-state index contributed by atoms with van der Waals surface area (Å²) in [4.78, 5) is 27.7. The minimum atomic E-state index is -0.202. The van der Waals surface area contributed by atoms with Gasteiger partial charge < -0.3 is 9.84 Å². The third kappa shape index (κ3) is 4.43. The Morgan fingerprint density at radius 3 is 2.71 bits per heavy atom. The van der Waals surface area contributed by atoms with E-state index < -0.39 is 0 Å². The van der Waals surface area contributed by atoms with Crippen LogP contribution in [0.25, 0.3) is 0 Å². The number of thioether (sulfide) groups is 1. The van der Waals surface area contributed by atoms with Gasteiger partial charge in [-0.2, -0.15) is 5.26 Å². The van der Waals surface area contributed by atoms with Crippen LogP contribution in [-0.2, 0) is 4.79 Å². The van der Waals surface area contributed by atoms with Gasteiger partial charge in [-0.15, -0.1) is 11.8 Å². The first-order valence-electron chi connectivity index (χ1n) is 7.19. The highest BCUT2D eigenvalue weighted by Crippen LogP contribution is 2.23. The zero-order valence-electron chi connectivity index (χ0n) is 13.5. The number of aromatic nitrogens is 2. The summed E-state index contributed by atoms with van der Waals surface area (Å²) in [5.74, 6) is 1.11. The van der Waals surface area contributed by atoms with E-state index in [1.54, 1.807) is 26.0 Å². The molecular formula is C16H16N4O3S.